The number of hydrogen-bond donors (Lipinski definition) is 2. The summed E-state index contributed by atoms with van der Waals surface area (Å²) in [4.78, 5) is 11.8. The minimum atomic E-state index is -1.21. The monoisotopic (exact) mass is 258 g/mol. The Morgan fingerprint density at radius 2 is 1.89 bits per heavy atom. The quantitative estimate of drug-likeness (QED) is 0.805. The Balaban J connectivity index is 3.24. The second-order valence-electron chi connectivity index (χ2n) is 4.30. The largest absolute Gasteiger partial charge is 0.494 e. The van der Waals surface area contributed by atoms with Gasteiger partial charge in [-0.15, -0.1) is 0 Å². The molecule has 0 radical (unpaired) electrons. The number of methoxy groups -OCH3 is 1. The van der Waals surface area contributed by atoms with Gasteiger partial charge in [-0.1, -0.05) is 0 Å². The Hall–Kier alpha value is -1.69. The van der Waals surface area contributed by atoms with Crippen LogP contribution < -0.4 is 15.6 Å². The number of nitrogens with one attached hydrogen (secondary N) is 2. The normalized spacial score (nSPS) is 11.2. The van der Waals surface area contributed by atoms with Gasteiger partial charge in [0, 0.05) is 18.7 Å². The van der Waals surface area contributed by atoms with Crippen molar-refractivity contribution in [2.24, 2.45) is 0 Å². The van der Waals surface area contributed by atoms with Gasteiger partial charge in [-0.05, 0) is 19.9 Å². The van der Waals surface area contributed by atoms with Crippen molar-refractivity contribution in [2.75, 3.05) is 14.2 Å². The minimum absolute atomic E-state index is 0.0337. The minimum Gasteiger partial charge on any atom is -0.494 e. The Labute approximate surface area is 104 Å². The lowest BCUT2D eigenvalue weighted by Gasteiger charge is -2.24. The van der Waals surface area contributed by atoms with Gasteiger partial charge in [-0.3, -0.25) is 10.2 Å². The first-order chi connectivity index (χ1) is 8.34. The molecule has 0 aliphatic rings. The van der Waals surface area contributed by atoms with Gasteiger partial charge < -0.3 is 4.74 Å². The summed E-state index contributed by atoms with van der Waals surface area (Å²) in [6.07, 6.45) is 0. The van der Waals surface area contributed by atoms with Gasteiger partial charge >= 0.3 is 0 Å². The van der Waals surface area contributed by atoms with E-state index in [0.717, 1.165) is 12.1 Å². The first kappa shape index (κ1) is 14.4. The molecular weight excluding hydrogens is 242 g/mol. The predicted octanol–water partition coefficient (Wildman–Crippen LogP) is 1.50. The number of benzene rings is 1. The van der Waals surface area contributed by atoms with E-state index in [-0.39, 0.29) is 11.3 Å². The highest BCUT2D eigenvalue weighted by molar-refractivity contribution is 5.87. The number of carbonyl (C=O) groups excluding carboxylic acids is 1. The fraction of sp³-hybridized carbons (Fsp3) is 0.417. The van der Waals surface area contributed by atoms with Crippen LogP contribution in [-0.4, -0.2) is 20.1 Å². The van der Waals surface area contributed by atoms with E-state index in [4.69, 9.17) is 0 Å². The van der Waals surface area contributed by atoms with Crippen LogP contribution >= 0.6 is 0 Å². The zero-order chi connectivity index (χ0) is 13.9. The summed E-state index contributed by atoms with van der Waals surface area (Å²) < 4.78 is 32.1. The summed E-state index contributed by atoms with van der Waals surface area (Å²) in [5, 5.41) is 0. The van der Waals surface area contributed by atoms with Crippen molar-refractivity contribution in [1.82, 2.24) is 10.9 Å². The third kappa shape index (κ3) is 2.59. The third-order valence-corrected chi connectivity index (χ3v) is 2.72. The molecule has 0 aromatic heterocycles. The van der Waals surface area contributed by atoms with Crippen molar-refractivity contribution < 1.29 is 18.3 Å². The fourth-order valence-corrected chi connectivity index (χ4v) is 1.56. The molecule has 100 valence electrons. The van der Waals surface area contributed by atoms with Crippen molar-refractivity contribution in [1.29, 1.82) is 0 Å². The molecule has 1 amide bonds. The molecule has 0 fully saturated rings. The van der Waals surface area contributed by atoms with Crippen molar-refractivity contribution in [3.05, 3.63) is 29.3 Å². The standard InChI is InChI=1S/C12H16F2N2O2/c1-12(2,11(17)16-15-3)7-5-9(14)10(18-4)6-8(7)13/h5-6,15H,1-4H3,(H,16,17). The molecule has 1 rings (SSSR count). The molecule has 6 heteroatoms. The zero-order valence-corrected chi connectivity index (χ0v) is 10.7. The van der Waals surface area contributed by atoms with Gasteiger partial charge in [0.2, 0.25) is 5.91 Å². The number of hydrogen-bond acceptors (Lipinski definition) is 3. The molecule has 0 saturated carbocycles. The first-order valence-electron chi connectivity index (χ1n) is 5.35. The van der Waals surface area contributed by atoms with E-state index < -0.39 is 23.0 Å². The number of ether oxygens (including phenoxy) is 1. The van der Waals surface area contributed by atoms with E-state index >= 15 is 0 Å². The van der Waals surface area contributed by atoms with Crippen molar-refractivity contribution in [2.45, 2.75) is 19.3 Å². The maximum absolute atomic E-state index is 13.9. The highest BCUT2D eigenvalue weighted by Crippen LogP contribution is 2.30. The third-order valence-electron chi connectivity index (χ3n) is 2.72. The summed E-state index contributed by atoms with van der Waals surface area (Å²) in [7, 11) is 2.76. The SMILES string of the molecule is CNNC(=O)C(C)(C)c1cc(F)c(OC)cc1F. The molecule has 1 aromatic carbocycles. The van der Waals surface area contributed by atoms with Crippen LogP contribution in [0.15, 0.2) is 12.1 Å². The number of carbonyl (C=O) groups is 1. The van der Waals surface area contributed by atoms with Gasteiger partial charge in [0.05, 0.1) is 12.5 Å². The summed E-state index contributed by atoms with van der Waals surface area (Å²) in [6.45, 7) is 3.01. The highest BCUT2D eigenvalue weighted by Gasteiger charge is 2.33. The summed E-state index contributed by atoms with van der Waals surface area (Å²) in [5.41, 5.74) is 3.57. The molecule has 0 heterocycles. The molecule has 0 unspecified atom stereocenters. The maximum atomic E-state index is 13.9. The molecule has 1 aromatic rings. The average molecular weight is 258 g/mol. The summed E-state index contributed by atoms with van der Waals surface area (Å²) in [6, 6.07) is 1.91. The van der Waals surface area contributed by atoms with Crippen LogP contribution in [0.5, 0.6) is 5.75 Å². The molecule has 2 N–H and O–H groups in total. The lowest BCUT2D eigenvalue weighted by atomic mass is 9.83. The molecule has 4 nitrogen and oxygen atoms in total. The lowest BCUT2D eigenvalue weighted by Crippen LogP contribution is -2.45. The van der Waals surface area contributed by atoms with E-state index in [1.807, 2.05) is 0 Å². The molecule has 0 spiro atoms. The van der Waals surface area contributed by atoms with Gasteiger partial charge in [0.1, 0.15) is 5.82 Å². The molecule has 0 aliphatic heterocycles. The van der Waals surface area contributed by atoms with E-state index in [0.29, 0.717) is 0 Å². The molecular formula is C12H16F2N2O2. The molecule has 0 atom stereocenters. The number of halogens is 2. The van der Waals surface area contributed by atoms with Gasteiger partial charge in [0.15, 0.2) is 11.6 Å². The molecule has 0 aliphatic carbocycles. The average Bonchev–Trinajstić information content (AvgIpc) is 2.31. The van der Waals surface area contributed by atoms with E-state index in [1.54, 1.807) is 0 Å². The van der Waals surface area contributed by atoms with Crippen molar-refractivity contribution in [3.63, 3.8) is 0 Å². The Kier molecular flexibility index (Phi) is 4.24. The Morgan fingerprint density at radius 1 is 1.28 bits per heavy atom. The van der Waals surface area contributed by atoms with Crippen LogP contribution in [0.2, 0.25) is 0 Å². The molecule has 0 saturated heterocycles. The topological polar surface area (TPSA) is 50.4 Å². The summed E-state index contributed by atoms with van der Waals surface area (Å²) in [5.74, 6) is -2.06. The Morgan fingerprint density at radius 3 is 2.39 bits per heavy atom. The Bertz CT molecular complexity index is 462. The van der Waals surface area contributed by atoms with Crippen LogP contribution in [0.25, 0.3) is 0 Å². The van der Waals surface area contributed by atoms with Crippen molar-refractivity contribution >= 4 is 5.91 Å². The van der Waals surface area contributed by atoms with Gasteiger partial charge in [-0.2, -0.15) is 0 Å². The lowest BCUT2D eigenvalue weighted by molar-refractivity contribution is -0.126. The number of amides is 1. The zero-order valence-electron chi connectivity index (χ0n) is 10.7. The van der Waals surface area contributed by atoms with Crippen molar-refractivity contribution in [3.8, 4) is 5.75 Å². The smallest absolute Gasteiger partial charge is 0.244 e. The van der Waals surface area contributed by atoms with E-state index in [9.17, 15) is 13.6 Å². The second-order valence-corrected chi connectivity index (χ2v) is 4.30. The van der Waals surface area contributed by atoms with Crippen LogP contribution in [0.4, 0.5) is 8.78 Å². The van der Waals surface area contributed by atoms with Crippen LogP contribution in [0, 0.1) is 11.6 Å². The molecule has 18 heavy (non-hydrogen) atoms. The maximum Gasteiger partial charge on any atom is 0.244 e. The van der Waals surface area contributed by atoms with Crippen LogP contribution in [0.1, 0.15) is 19.4 Å². The van der Waals surface area contributed by atoms with E-state index in [2.05, 4.69) is 15.6 Å². The van der Waals surface area contributed by atoms with E-state index in [1.165, 1.54) is 28.0 Å². The van der Waals surface area contributed by atoms with Gasteiger partial charge in [-0.25, -0.2) is 14.2 Å². The summed E-state index contributed by atoms with van der Waals surface area (Å²) >= 11 is 0. The van der Waals surface area contributed by atoms with Crippen LogP contribution in [-0.2, 0) is 10.2 Å². The van der Waals surface area contributed by atoms with Crippen LogP contribution in [0.3, 0.4) is 0 Å². The predicted molar refractivity (Wildman–Crippen MR) is 63.1 cm³/mol. The second kappa shape index (κ2) is 5.30. The van der Waals surface area contributed by atoms with Gasteiger partial charge in [0.25, 0.3) is 0 Å². The fourth-order valence-electron chi connectivity index (χ4n) is 1.56. The molecule has 0 bridgehead atoms. The highest BCUT2D eigenvalue weighted by atomic mass is 19.1. The first-order valence-corrected chi connectivity index (χ1v) is 5.35. The number of hydrazine groups is 1. The number of rotatable bonds is 4.